The van der Waals surface area contributed by atoms with Crippen LogP contribution in [0.4, 0.5) is 0 Å². The topological polar surface area (TPSA) is 44.0 Å². The minimum atomic E-state index is 0.0172. The lowest BCUT2D eigenvalue weighted by Gasteiger charge is -2.01. The highest BCUT2D eigenvalue weighted by molar-refractivity contribution is 7.12. The number of hydrogen-bond acceptors (Lipinski definition) is 3. The van der Waals surface area contributed by atoms with E-state index >= 15 is 0 Å². The van der Waals surface area contributed by atoms with Gasteiger partial charge in [0.05, 0.1) is 10.0 Å². The molecule has 5 heteroatoms. The Balaban J connectivity index is 2.60. The van der Waals surface area contributed by atoms with Crippen molar-refractivity contribution in [3.8, 4) is 22.3 Å². The van der Waals surface area contributed by atoms with Crippen LogP contribution in [0, 0.1) is 11.3 Å². The summed E-state index contributed by atoms with van der Waals surface area (Å²) in [6, 6.07) is 7.06. The van der Waals surface area contributed by atoms with Gasteiger partial charge in [0.2, 0.25) is 0 Å². The van der Waals surface area contributed by atoms with Crippen LogP contribution in [0.5, 0.6) is 5.06 Å². The van der Waals surface area contributed by atoms with E-state index in [1.54, 1.807) is 23.6 Å². The quantitative estimate of drug-likeness (QED) is 0.839. The molecule has 0 fully saturated rings. The van der Waals surface area contributed by atoms with Crippen LogP contribution in [0.25, 0.3) is 11.1 Å². The van der Waals surface area contributed by atoms with Crippen LogP contribution < -0.4 is 0 Å². The number of benzene rings is 1. The smallest absolute Gasteiger partial charge is 0.190 e. The number of nitriles is 1. The van der Waals surface area contributed by atoms with Crippen molar-refractivity contribution in [2.45, 2.75) is 0 Å². The van der Waals surface area contributed by atoms with Gasteiger partial charge >= 0.3 is 0 Å². The zero-order valence-electron chi connectivity index (χ0n) is 7.87. The fourth-order valence-corrected chi connectivity index (χ4v) is 2.39. The summed E-state index contributed by atoms with van der Waals surface area (Å²) in [4.78, 5) is 0. The van der Waals surface area contributed by atoms with E-state index < -0.39 is 0 Å². The summed E-state index contributed by atoms with van der Waals surface area (Å²) in [5.74, 6) is 0. The first-order chi connectivity index (χ1) is 7.63. The average Bonchev–Trinajstić information content (AvgIpc) is 2.63. The van der Waals surface area contributed by atoms with Gasteiger partial charge < -0.3 is 5.11 Å². The second-order valence-corrected chi connectivity index (χ2v) is 4.74. The van der Waals surface area contributed by atoms with E-state index in [0.29, 0.717) is 15.6 Å². The monoisotopic (exact) mass is 269 g/mol. The zero-order chi connectivity index (χ0) is 11.7. The fourth-order valence-electron chi connectivity index (χ4n) is 1.33. The van der Waals surface area contributed by atoms with Crippen LogP contribution in [0.2, 0.25) is 10.0 Å². The third-order valence-electron chi connectivity index (χ3n) is 2.11. The normalized spacial score (nSPS) is 10.1. The Kier molecular flexibility index (Phi) is 3.06. The van der Waals surface area contributed by atoms with Crippen LogP contribution in [0.1, 0.15) is 5.56 Å². The largest absolute Gasteiger partial charge is 0.499 e. The van der Waals surface area contributed by atoms with Gasteiger partial charge in [0.25, 0.3) is 0 Å². The van der Waals surface area contributed by atoms with E-state index in [1.807, 2.05) is 6.07 Å². The van der Waals surface area contributed by atoms with Crippen LogP contribution in [0.15, 0.2) is 23.6 Å². The first-order valence-electron chi connectivity index (χ1n) is 4.29. The Labute approximate surface area is 106 Å². The van der Waals surface area contributed by atoms with E-state index in [9.17, 15) is 5.11 Å². The number of rotatable bonds is 1. The van der Waals surface area contributed by atoms with Crippen molar-refractivity contribution < 1.29 is 5.11 Å². The molecule has 1 heterocycles. The minimum Gasteiger partial charge on any atom is -0.499 e. The lowest BCUT2D eigenvalue weighted by Crippen LogP contribution is -1.79. The molecule has 1 aromatic carbocycles. The molecule has 1 aromatic heterocycles. The minimum absolute atomic E-state index is 0.0172. The summed E-state index contributed by atoms with van der Waals surface area (Å²) < 4.78 is 0. The fraction of sp³-hybridized carbons (Fsp3) is 0. The third-order valence-corrected chi connectivity index (χ3v) is 3.63. The molecule has 0 unspecified atom stereocenters. The molecular weight excluding hydrogens is 265 g/mol. The molecule has 0 aliphatic carbocycles. The highest BCUT2D eigenvalue weighted by Crippen LogP contribution is 2.37. The molecule has 0 aliphatic rings. The lowest BCUT2D eigenvalue weighted by atomic mass is 10.1. The number of hydrogen-bond donors (Lipinski definition) is 1. The van der Waals surface area contributed by atoms with Gasteiger partial charge in [0, 0.05) is 10.9 Å². The second kappa shape index (κ2) is 4.34. The van der Waals surface area contributed by atoms with Crippen molar-refractivity contribution in [1.29, 1.82) is 5.26 Å². The number of thiophene rings is 1. The SMILES string of the molecule is N#Cc1c(-c2ccc(Cl)c(Cl)c2)csc1O. The summed E-state index contributed by atoms with van der Waals surface area (Å²) in [5, 5.41) is 21.0. The summed E-state index contributed by atoms with van der Waals surface area (Å²) in [6.07, 6.45) is 0. The molecule has 2 rings (SSSR count). The molecular formula is C11H5Cl2NOS. The first-order valence-corrected chi connectivity index (χ1v) is 5.93. The summed E-state index contributed by atoms with van der Waals surface area (Å²) >= 11 is 12.8. The summed E-state index contributed by atoms with van der Waals surface area (Å²) in [7, 11) is 0. The van der Waals surface area contributed by atoms with Crippen molar-refractivity contribution >= 4 is 34.5 Å². The van der Waals surface area contributed by atoms with E-state index in [0.717, 1.165) is 16.9 Å². The van der Waals surface area contributed by atoms with Gasteiger partial charge in [-0.1, -0.05) is 29.3 Å². The molecule has 0 saturated heterocycles. The Morgan fingerprint density at radius 3 is 2.62 bits per heavy atom. The first kappa shape index (κ1) is 11.3. The van der Waals surface area contributed by atoms with Crippen molar-refractivity contribution in [2.24, 2.45) is 0 Å². The standard InChI is InChI=1S/C11H5Cl2NOS/c12-9-2-1-6(3-10(9)13)8-5-16-11(15)7(8)4-14/h1-3,5,15H. The van der Waals surface area contributed by atoms with Gasteiger partial charge in [0.15, 0.2) is 5.06 Å². The molecule has 2 aromatic rings. The second-order valence-electron chi connectivity index (χ2n) is 3.07. The maximum Gasteiger partial charge on any atom is 0.190 e. The molecule has 0 aliphatic heterocycles. The van der Waals surface area contributed by atoms with Crippen LogP contribution in [-0.4, -0.2) is 5.11 Å². The van der Waals surface area contributed by atoms with E-state index in [1.165, 1.54) is 0 Å². The van der Waals surface area contributed by atoms with E-state index in [-0.39, 0.29) is 10.6 Å². The number of halogens is 2. The van der Waals surface area contributed by atoms with Gasteiger partial charge in [-0.2, -0.15) is 5.26 Å². The number of nitrogens with zero attached hydrogens (tertiary/aromatic N) is 1. The molecule has 80 valence electrons. The molecule has 0 atom stereocenters. The molecule has 2 nitrogen and oxygen atoms in total. The highest BCUT2D eigenvalue weighted by Gasteiger charge is 2.13. The van der Waals surface area contributed by atoms with Crippen molar-refractivity contribution in [3.63, 3.8) is 0 Å². The Hall–Kier alpha value is -1.21. The molecule has 16 heavy (non-hydrogen) atoms. The van der Waals surface area contributed by atoms with Crippen LogP contribution >= 0.6 is 34.5 Å². The van der Waals surface area contributed by atoms with Gasteiger partial charge in [-0.05, 0) is 17.7 Å². The molecule has 0 bridgehead atoms. The van der Waals surface area contributed by atoms with Crippen molar-refractivity contribution in [1.82, 2.24) is 0 Å². The van der Waals surface area contributed by atoms with Crippen molar-refractivity contribution in [3.05, 3.63) is 39.2 Å². The van der Waals surface area contributed by atoms with Gasteiger partial charge in [-0.15, -0.1) is 11.3 Å². The lowest BCUT2D eigenvalue weighted by molar-refractivity contribution is 0.489. The van der Waals surface area contributed by atoms with Crippen LogP contribution in [-0.2, 0) is 0 Å². The maximum atomic E-state index is 9.45. The zero-order valence-corrected chi connectivity index (χ0v) is 10.2. The maximum absolute atomic E-state index is 9.45. The summed E-state index contributed by atoms with van der Waals surface area (Å²) in [6.45, 7) is 0. The number of aromatic hydroxyl groups is 1. The highest BCUT2D eigenvalue weighted by atomic mass is 35.5. The van der Waals surface area contributed by atoms with Crippen LogP contribution in [0.3, 0.4) is 0 Å². The Morgan fingerprint density at radius 2 is 2.00 bits per heavy atom. The van der Waals surface area contributed by atoms with Crippen molar-refractivity contribution in [2.75, 3.05) is 0 Å². The molecule has 0 amide bonds. The van der Waals surface area contributed by atoms with Gasteiger partial charge in [-0.3, -0.25) is 0 Å². The Bertz CT molecular complexity index is 586. The third kappa shape index (κ3) is 1.88. The van der Waals surface area contributed by atoms with Gasteiger partial charge in [-0.25, -0.2) is 0 Å². The summed E-state index contributed by atoms with van der Waals surface area (Å²) in [5.41, 5.74) is 1.70. The average molecular weight is 270 g/mol. The van der Waals surface area contributed by atoms with Gasteiger partial charge in [0.1, 0.15) is 11.6 Å². The van der Waals surface area contributed by atoms with E-state index in [2.05, 4.69) is 0 Å². The predicted molar refractivity (Wildman–Crippen MR) is 66.2 cm³/mol. The molecule has 0 spiro atoms. The Morgan fingerprint density at radius 1 is 1.25 bits per heavy atom. The molecule has 1 N–H and O–H groups in total. The molecule has 0 saturated carbocycles. The van der Waals surface area contributed by atoms with E-state index in [4.69, 9.17) is 28.5 Å². The molecule has 0 radical (unpaired) electrons. The predicted octanol–water partition coefficient (Wildman–Crippen LogP) is 4.30.